The Labute approximate surface area is 97.3 Å². The van der Waals surface area contributed by atoms with Gasteiger partial charge < -0.3 is 9.84 Å². The van der Waals surface area contributed by atoms with Crippen LogP contribution in [0.1, 0.15) is 39.2 Å². The Balaban J connectivity index is 2.17. The number of rotatable bonds is 4. The lowest BCUT2D eigenvalue weighted by Crippen LogP contribution is -2.10. The molecule has 16 heavy (non-hydrogen) atoms. The number of benzene rings is 1. The maximum atomic E-state index is 10.4. The predicted octanol–water partition coefficient (Wildman–Crippen LogP) is 3.09. The fourth-order valence-corrected chi connectivity index (χ4v) is 2.26. The second kappa shape index (κ2) is 4.10. The van der Waals surface area contributed by atoms with E-state index in [-0.39, 0.29) is 6.10 Å². The third kappa shape index (κ3) is 2.07. The molecule has 1 fully saturated rings. The van der Waals surface area contributed by atoms with Gasteiger partial charge in [0.25, 0.3) is 0 Å². The van der Waals surface area contributed by atoms with Gasteiger partial charge in [0.2, 0.25) is 0 Å². The molecular formula is C14H20O2. The van der Waals surface area contributed by atoms with Gasteiger partial charge in [-0.1, -0.05) is 25.5 Å². The molecule has 88 valence electrons. The highest BCUT2D eigenvalue weighted by Gasteiger charge is 2.52. The van der Waals surface area contributed by atoms with Crippen molar-refractivity contribution in [3.05, 3.63) is 29.8 Å². The summed E-state index contributed by atoms with van der Waals surface area (Å²) in [5.74, 6) is 1.27. The number of hydrogen-bond donors (Lipinski definition) is 1. The summed E-state index contributed by atoms with van der Waals surface area (Å²) in [6.45, 7) is 6.14. The quantitative estimate of drug-likeness (QED) is 0.845. The van der Waals surface area contributed by atoms with Crippen molar-refractivity contribution in [1.82, 2.24) is 0 Å². The minimum Gasteiger partial charge on any atom is -0.491 e. The van der Waals surface area contributed by atoms with Crippen LogP contribution in [-0.4, -0.2) is 11.2 Å². The molecule has 1 N–H and O–H groups in total. The molecule has 0 radical (unpaired) electrons. The molecule has 0 amide bonds. The standard InChI is InChI=1S/C14H20O2/c1-4-11-9-14(11,15)12-6-5-7-13(8-12)16-10(2)3/h5-8,10-11,15H,4,9H2,1-3H3. The SMILES string of the molecule is CCC1CC1(O)c1cccc(OC(C)C)c1. The zero-order valence-electron chi connectivity index (χ0n) is 10.2. The Hall–Kier alpha value is -1.02. The lowest BCUT2D eigenvalue weighted by Gasteiger charge is -2.14. The van der Waals surface area contributed by atoms with E-state index in [1.807, 2.05) is 38.1 Å². The average Bonchev–Trinajstić information content (AvgIpc) is 2.91. The summed E-state index contributed by atoms with van der Waals surface area (Å²) < 4.78 is 5.64. The maximum absolute atomic E-state index is 10.4. The Bertz CT molecular complexity index is 373. The van der Waals surface area contributed by atoms with Crippen molar-refractivity contribution in [1.29, 1.82) is 0 Å². The minimum absolute atomic E-state index is 0.172. The van der Waals surface area contributed by atoms with Gasteiger partial charge in [0.15, 0.2) is 0 Å². The molecule has 2 atom stereocenters. The molecule has 1 aliphatic carbocycles. The molecule has 1 aromatic rings. The van der Waals surface area contributed by atoms with E-state index in [4.69, 9.17) is 4.74 Å². The first-order valence-electron chi connectivity index (χ1n) is 6.06. The topological polar surface area (TPSA) is 29.5 Å². The van der Waals surface area contributed by atoms with E-state index < -0.39 is 5.60 Å². The molecular weight excluding hydrogens is 200 g/mol. The summed E-state index contributed by atoms with van der Waals surface area (Å²) in [4.78, 5) is 0. The van der Waals surface area contributed by atoms with E-state index in [1.54, 1.807) is 0 Å². The summed E-state index contributed by atoms with van der Waals surface area (Å²) in [6.07, 6.45) is 2.09. The Kier molecular flexibility index (Phi) is 2.94. The molecule has 1 aliphatic rings. The highest BCUT2D eigenvalue weighted by Crippen LogP contribution is 2.54. The molecule has 0 spiro atoms. The van der Waals surface area contributed by atoms with Gasteiger partial charge in [-0.05, 0) is 43.9 Å². The van der Waals surface area contributed by atoms with Gasteiger partial charge in [0.05, 0.1) is 11.7 Å². The van der Waals surface area contributed by atoms with E-state index in [0.717, 1.165) is 24.2 Å². The van der Waals surface area contributed by atoms with Crippen LogP contribution < -0.4 is 4.74 Å². The van der Waals surface area contributed by atoms with Gasteiger partial charge in [0, 0.05) is 0 Å². The van der Waals surface area contributed by atoms with Crippen LogP contribution >= 0.6 is 0 Å². The summed E-state index contributed by atoms with van der Waals surface area (Å²) in [7, 11) is 0. The Morgan fingerprint density at radius 1 is 1.50 bits per heavy atom. The van der Waals surface area contributed by atoms with E-state index in [1.165, 1.54) is 0 Å². The van der Waals surface area contributed by atoms with Crippen LogP contribution in [0.25, 0.3) is 0 Å². The summed E-state index contributed by atoms with van der Waals surface area (Å²) >= 11 is 0. The van der Waals surface area contributed by atoms with Crippen LogP contribution in [0.5, 0.6) is 5.75 Å². The van der Waals surface area contributed by atoms with Crippen molar-refractivity contribution in [3.63, 3.8) is 0 Å². The van der Waals surface area contributed by atoms with Crippen LogP contribution in [-0.2, 0) is 5.60 Å². The number of hydrogen-bond acceptors (Lipinski definition) is 2. The zero-order valence-corrected chi connectivity index (χ0v) is 10.2. The van der Waals surface area contributed by atoms with E-state index >= 15 is 0 Å². The monoisotopic (exact) mass is 220 g/mol. The zero-order chi connectivity index (χ0) is 11.8. The van der Waals surface area contributed by atoms with E-state index in [0.29, 0.717) is 5.92 Å². The largest absolute Gasteiger partial charge is 0.491 e. The third-order valence-electron chi connectivity index (χ3n) is 3.27. The molecule has 2 rings (SSSR count). The van der Waals surface area contributed by atoms with Crippen molar-refractivity contribution >= 4 is 0 Å². The fourth-order valence-electron chi connectivity index (χ4n) is 2.26. The van der Waals surface area contributed by atoms with Crippen LogP contribution in [0, 0.1) is 5.92 Å². The normalized spacial score (nSPS) is 28.2. The van der Waals surface area contributed by atoms with Gasteiger partial charge in [-0.3, -0.25) is 0 Å². The van der Waals surface area contributed by atoms with Gasteiger partial charge in [-0.15, -0.1) is 0 Å². The van der Waals surface area contributed by atoms with Gasteiger partial charge in [-0.25, -0.2) is 0 Å². The second-order valence-electron chi connectivity index (χ2n) is 4.93. The fraction of sp³-hybridized carbons (Fsp3) is 0.571. The number of aliphatic hydroxyl groups is 1. The maximum Gasteiger partial charge on any atom is 0.120 e. The molecule has 1 aromatic carbocycles. The smallest absolute Gasteiger partial charge is 0.120 e. The first kappa shape index (κ1) is 11.5. The lowest BCUT2D eigenvalue weighted by molar-refractivity contribution is 0.129. The molecule has 2 heteroatoms. The first-order chi connectivity index (χ1) is 7.56. The van der Waals surface area contributed by atoms with Crippen molar-refractivity contribution in [2.24, 2.45) is 5.92 Å². The lowest BCUT2D eigenvalue weighted by atomic mass is 10.0. The molecule has 0 heterocycles. The average molecular weight is 220 g/mol. The van der Waals surface area contributed by atoms with Crippen LogP contribution in [0.2, 0.25) is 0 Å². The first-order valence-corrected chi connectivity index (χ1v) is 6.06. The van der Waals surface area contributed by atoms with E-state index in [2.05, 4.69) is 6.92 Å². The van der Waals surface area contributed by atoms with Crippen molar-refractivity contribution in [2.75, 3.05) is 0 Å². The highest BCUT2D eigenvalue weighted by molar-refractivity contribution is 5.36. The van der Waals surface area contributed by atoms with E-state index in [9.17, 15) is 5.11 Å². The molecule has 0 bridgehead atoms. The molecule has 1 saturated carbocycles. The van der Waals surface area contributed by atoms with Crippen molar-refractivity contribution in [2.45, 2.75) is 45.3 Å². The molecule has 2 unspecified atom stereocenters. The van der Waals surface area contributed by atoms with Gasteiger partial charge in [0.1, 0.15) is 5.75 Å². The van der Waals surface area contributed by atoms with Crippen LogP contribution in [0.3, 0.4) is 0 Å². The summed E-state index contributed by atoms with van der Waals surface area (Å²) in [5, 5.41) is 10.4. The Morgan fingerprint density at radius 3 is 2.81 bits per heavy atom. The third-order valence-corrected chi connectivity index (χ3v) is 3.27. The van der Waals surface area contributed by atoms with Crippen molar-refractivity contribution in [3.8, 4) is 5.75 Å². The van der Waals surface area contributed by atoms with Crippen LogP contribution in [0.15, 0.2) is 24.3 Å². The minimum atomic E-state index is -0.592. The van der Waals surface area contributed by atoms with Gasteiger partial charge >= 0.3 is 0 Å². The Morgan fingerprint density at radius 2 is 2.25 bits per heavy atom. The summed E-state index contributed by atoms with van der Waals surface area (Å²) in [5.41, 5.74) is 0.406. The summed E-state index contributed by atoms with van der Waals surface area (Å²) in [6, 6.07) is 7.85. The predicted molar refractivity (Wildman–Crippen MR) is 64.5 cm³/mol. The molecule has 0 aliphatic heterocycles. The van der Waals surface area contributed by atoms with Crippen LogP contribution in [0.4, 0.5) is 0 Å². The second-order valence-corrected chi connectivity index (χ2v) is 4.93. The molecule has 0 saturated heterocycles. The number of ether oxygens (including phenoxy) is 1. The van der Waals surface area contributed by atoms with Crippen molar-refractivity contribution < 1.29 is 9.84 Å². The molecule has 0 aromatic heterocycles. The molecule has 2 nitrogen and oxygen atoms in total. The van der Waals surface area contributed by atoms with Gasteiger partial charge in [-0.2, -0.15) is 0 Å². The highest BCUT2D eigenvalue weighted by atomic mass is 16.5.